The molecule has 172 valence electrons. The molecule has 0 saturated carbocycles. The minimum atomic E-state index is -4.47. The van der Waals surface area contributed by atoms with Crippen LogP contribution < -0.4 is 15.0 Å². The van der Waals surface area contributed by atoms with Crippen molar-refractivity contribution in [2.75, 3.05) is 17.3 Å². The molecule has 1 atom stereocenters. The highest BCUT2D eigenvalue weighted by Gasteiger charge is 2.37. The first kappa shape index (κ1) is 21.6. The number of benzene rings is 3. The molecule has 4 aromatic rings. The highest BCUT2D eigenvalue weighted by Crippen LogP contribution is 2.41. The van der Waals surface area contributed by atoms with E-state index in [1.807, 2.05) is 6.07 Å². The molecule has 1 aromatic heterocycles. The number of fused-ring (bicyclic) bond motifs is 1. The lowest BCUT2D eigenvalue weighted by atomic mass is 10.1. The van der Waals surface area contributed by atoms with Gasteiger partial charge in [-0.15, -0.1) is 0 Å². The van der Waals surface area contributed by atoms with Crippen molar-refractivity contribution in [1.29, 1.82) is 0 Å². The van der Waals surface area contributed by atoms with E-state index in [9.17, 15) is 18.0 Å². The molecule has 0 fully saturated rings. The maximum atomic E-state index is 13.6. The number of amides is 1. The SMILES string of the molecule is COc1ccccc1N1C(=O)c2ccccc2N[C@H]1c1ccc(-c2cccc(C(F)(F)F)c2)o1. The normalized spacial score (nSPS) is 15.6. The lowest BCUT2D eigenvalue weighted by Crippen LogP contribution is -2.43. The summed E-state index contributed by atoms with van der Waals surface area (Å²) in [5.74, 6) is 0.850. The van der Waals surface area contributed by atoms with Crippen LogP contribution in [-0.2, 0) is 6.18 Å². The van der Waals surface area contributed by atoms with E-state index in [2.05, 4.69) is 5.32 Å². The first-order valence-electron chi connectivity index (χ1n) is 10.5. The predicted octanol–water partition coefficient (Wildman–Crippen LogP) is 6.75. The highest BCUT2D eigenvalue weighted by molar-refractivity contribution is 6.12. The van der Waals surface area contributed by atoms with Gasteiger partial charge in [0.1, 0.15) is 17.3 Å². The smallest absolute Gasteiger partial charge is 0.416 e. The fourth-order valence-electron chi connectivity index (χ4n) is 4.03. The quantitative estimate of drug-likeness (QED) is 0.363. The summed E-state index contributed by atoms with van der Waals surface area (Å²) in [7, 11) is 1.52. The lowest BCUT2D eigenvalue weighted by molar-refractivity contribution is -0.137. The Labute approximate surface area is 193 Å². The van der Waals surface area contributed by atoms with Gasteiger partial charge in [-0.3, -0.25) is 9.69 Å². The van der Waals surface area contributed by atoms with E-state index in [1.54, 1.807) is 60.7 Å². The topological polar surface area (TPSA) is 54.7 Å². The van der Waals surface area contributed by atoms with Crippen molar-refractivity contribution in [3.63, 3.8) is 0 Å². The van der Waals surface area contributed by atoms with Gasteiger partial charge in [-0.1, -0.05) is 36.4 Å². The summed E-state index contributed by atoms with van der Waals surface area (Å²) >= 11 is 0. The molecule has 1 amide bonds. The summed E-state index contributed by atoms with van der Waals surface area (Å²) in [5, 5.41) is 3.32. The summed E-state index contributed by atoms with van der Waals surface area (Å²) in [6.07, 6.45) is -5.22. The van der Waals surface area contributed by atoms with Crippen LogP contribution in [0.25, 0.3) is 11.3 Å². The zero-order valence-electron chi connectivity index (χ0n) is 18.0. The Morgan fingerprint density at radius 3 is 2.50 bits per heavy atom. The Balaban J connectivity index is 1.59. The summed E-state index contributed by atoms with van der Waals surface area (Å²) in [5.41, 5.74) is 1.15. The number of halogens is 3. The van der Waals surface area contributed by atoms with Crippen LogP contribution in [-0.4, -0.2) is 13.0 Å². The summed E-state index contributed by atoms with van der Waals surface area (Å²) < 4.78 is 51.0. The molecule has 0 aliphatic carbocycles. The molecule has 1 aliphatic heterocycles. The van der Waals surface area contributed by atoms with Crippen molar-refractivity contribution < 1.29 is 27.1 Å². The van der Waals surface area contributed by atoms with Crippen molar-refractivity contribution in [3.8, 4) is 17.1 Å². The molecule has 2 heterocycles. The molecule has 0 saturated heterocycles. The van der Waals surface area contributed by atoms with Crippen LogP contribution in [0.1, 0.15) is 27.8 Å². The lowest BCUT2D eigenvalue weighted by Gasteiger charge is -2.37. The van der Waals surface area contributed by atoms with Gasteiger partial charge >= 0.3 is 6.18 Å². The van der Waals surface area contributed by atoms with Crippen LogP contribution in [0.5, 0.6) is 5.75 Å². The third kappa shape index (κ3) is 3.77. The van der Waals surface area contributed by atoms with Gasteiger partial charge in [-0.25, -0.2) is 0 Å². The zero-order valence-corrected chi connectivity index (χ0v) is 18.0. The van der Waals surface area contributed by atoms with Crippen LogP contribution in [0.2, 0.25) is 0 Å². The maximum Gasteiger partial charge on any atom is 0.416 e. The number of furan rings is 1. The van der Waals surface area contributed by atoms with E-state index in [4.69, 9.17) is 9.15 Å². The van der Waals surface area contributed by atoms with Crippen molar-refractivity contribution in [2.45, 2.75) is 12.3 Å². The van der Waals surface area contributed by atoms with Gasteiger partial charge in [-0.05, 0) is 48.5 Å². The predicted molar refractivity (Wildman–Crippen MR) is 122 cm³/mol. The molecule has 0 unspecified atom stereocenters. The van der Waals surface area contributed by atoms with Crippen molar-refractivity contribution >= 4 is 17.3 Å². The average Bonchev–Trinajstić information content (AvgIpc) is 3.34. The molecule has 0 spiro atoms. The van der Waals surface area contributed by atoms with Gasteiger partial charge in [0, 0.05) is 11.3 Å². The molecule has 34 heavy (non-hydrogen) atoms. The van der Waals surface area contributed by atoms with E-state index in [-0.39, 0.29) is 17.2 Å². The number of rotatable bonds is 4. The molecule has 8 heteroatoms. The average molecular weight is 464 g/mol. The number of para-hydroxylation sites is 3. The van der Waals surface area contributed by atoms with Gasteiger partial charge in [0.2, 0.25) is 0 Å². The standard InChI is InChI=1S/C26H19F3N2O3/c1-33-22-12-5-4-11-20(22)31-24(30-19-10-3-2-9-18(19)25(31)32)23-14-13-21(34-23)16-7-6-8-17(15-16)26(27,28)29/h2-15,24,30H,1H3/t24-/m1/s1. The third-order valence-electron chi connectivity index (χ3n) is 5.64. The van der Waals surface area contributed by atoms with Gasteiger partial charge in [0.15, 0.2) is 6.17 Å². The number of nitrogens with zero attached hydrogens (tertiary/aromatic N) is 1. The van der Waals surface area contributed by atoms with E-state index in [0.29, 0.717) is 28.4 Å². The van der Waals surface area contributed by atoms with E-state index in [0.717, 1.165) is 12.1 Å². The van der Waals surface area contributed by atoms with Crippen molar-refractivity contribution in [3.05, 3.63) is 102 Å². The van der Waals surface area contributed by atoms with Gasteiger partial charge in [0.05, 0.1) is 23.9 Å². The number of hydrogen-bond acceptors (Lipinski definition) is 4. The monoisotopic (exact) mass is 464 g/mol. The largest absolute Gasteiger partial charge is 0.495 e. The molecule has 1 N–H and O–H groups in total. The molecule has 0 bridgehead atoms. The van der Waals surface area contributed by atoms with Crippen LogP contribution in [0.4, 0.5) is 24.5 Å². The van der Waals surface area contributed by atoms with E-state index in [1.165, 1.54) is 18.1 Å². The molecular formula is C26H19F3N2O3. The van der Waals surface area contributed by atoms with Crippen LogP contribution in [0.3, 0.4) is 0 Å². The Morgan fingerprint density at radius 2 is 1.71 bits per heavy atom. The van der Waals surface area contributed by atoms with Gasteiger partial charge < -0.3 is 14.5 Å². The van der Waals surface area contributed by atoms with E-state index >= 15 is 0 Å². The van der Waals surface area contributed by atoms with Crippen LogP contribution in [0.15, 0.2) is 89.3 Å². The second-order valence-electron chi connectivity index (χ2n) is 7.72. The minimum Gasteiger partial charge on any atom is -0.495 e. The number of nitrogens with one attached hydrogen (secondary N) is 1. The number of carbonyl (C=O) groups excluding carboxylic acids is 1. The fourth-order valence-corrected chi connectivity index (χ4v) is 4.03. The first-order valence-corrected chi connectivity index (χ1v) is 10.5. The van der Waals surface area contributed by atoms with Gasteiger partial charge in [0.25, 0.3) is 5.91 Å². The van der Waals surface area contributed by atoms with Gasteiger partial charge in [-0.2, -0.15) is 13.2 Å². The van der Waals surface area contributed by atoms with Crippen LogP contribution >= 0.6 is 0 Å². The minimum absolute atomic E-state index is 0.259. The zero-order chi connectivity index (χ0) is 23.9. The third-order valence-corrected chi connectivity index (χ3v) is 5.64. The highest BCUT2D eigenvalue weighted by atomic mass is 19.4. The summed E-state index contributed by atoms with van der Waals surface area (Å²) in [6.45, 7) is 0. The Kier molecular flexibility index (Phi) is 5.28. The number of methoxy groups -OCH3 is 1. The summed E-state index contributed by atoms with van der Waals surface area (Å²) in [6, 6.07) is 22.4. The number of carbonyl (C=O) groups is 1. The van der Waals surface area contributed by atoms with Crippen molar-refractivity contribution in [1.82, 2.24) is 0 Å². The molecule has 5 nitrogen and oxygen atoms in total. The summed E-state index contributed by atoms with van der Waals surface area (Å²) in [4.78, 5) is 15.1. The second-order valence-corrected chi connectivity index (χ2v) is 7.72. The van der Waals surface area contributed by atoms with E-state index < -0.39 is 17.9 Å². The Morgan fingerprint density at radius 1 is 0.941 bits per heavy atom. The van der Waals surface area contributed by atoms with Crippen molar-refractivity contribution in [2.24, 2.45) is 0 Å². The molecule has 0 radical (unpaired) electrons. The Bertz CT molecular complexity index is 1360. The fraction of sp³-hybridized carbons (Fsp3) is 0.115. The maximum absolute atomic E-state index is 13.6. The molecule has 5 rings (SSSR count). The number of ether oxygens (including phenoxy) is 1. The number of alkyl halides is 3. The first-order chi connectivity index (χ1) is 16.4. The molecule has 1 aliphatic rings. The number of hydrogen-bond donors (Lipinski definition) is 1. The molecular weight excluding hydrogens is 445 g/mol. The van der Waals surface area contributed by atoms with Crippen LogP contribution in [0, 0.1) is 0 Å². The molecule has 3 aromatic carbocycles. The Hall–Kier alpha value is -4.20. The number of anilines is 2. The second kappa shape index (κ2) is 8.30.